The number of alkyl halides is 2. The van der Waals surface area contributed by atoms with Gasteiger partial charge in [0.2, 0.25) is 5.92 Å². The van der Waals surface area contributed by atoms with Crippen LogP contribution in [0, 0.1) is 11.8 Å². The second kappa shape index (κ2) is 10.9. The lowest BCUT2D eigenvalue weighted by atomic mass is 9.78. The van der Waals surface area contributed by atoms with Crippen LogP contribution in [0.1, 0.15) is 110 Å². The lowest BCUT2D eigenvalue weighted by Gasteiger charge is -2.36. The summed E-state index contributed by atoms with van der Waals surface area (Å²) < 4.78 is 50.8. The topological polar surface area (TPSA) is 104 Å². The van der Waals surface area contributed by atoms with Crippen molar-refractivity contribution >= 4 is 23.1 Å². The fourth-order valence-electron chi connectivity index (χ4n) is 5.00. The number of halogens is 2. The number of nitrogens with zero attached hydrogens (tertiary/aromatic N) is 3. The molecule has 0 bridgehead atoms. The molecule has 2 fully saturated rings. The standard InChI is InChI=1S/C27H41F2N5O3S/c1-25(2,3)37-24(35)32-23(18-10-12-27(28,29)13-11-18)20-16-34-21(31-20)14-19(15-30-34)22(17-8-7-9-17)33-38(36)26(4,5)6/h14-18,22-23,33H,7-13H2,1-6H3,(H,32,35)/t22-,23-,38?/m0/s1. The maximum absolute atomic E-state index is 13.9. The smallest absolute Gasteiger partial charge is 0.408 e. The Morgan fingerprint density at radius 2 is 1.76 bits per heavy atom. The zero-order valence-electron chi connectivity index (χ0n) is 23.2. The number of hydrogen-bond donors (Lipinski definition) is 2. The molecule has 0 radical (unpaired) electrons. The molecule has 0 saturated heterocycles. The lowest BCUT2D eigenvalue weighted by Crippen LogP contribution is -2.44. The first-order chi connectivity index (χ1) is 17.6. The Morgan fingerprint density at radius 3 is 2.32 bits per heavy atom. The van der Waals surface area contributed by atoms with E-state index in [0.29, 0.717) is 17.3 Å². The number of nitrogens with one attached hydrogen (secondary N) is 2. The van der Waals surface area contributed by atoms with Crippen molar-refractivity contribution in [2.24, 2.45) is 11.8 Å². The molecule has 0 aromatic carbocycles. The molecule has 2 aromatic rings. The van der Waals surface area contributed by atoms with Gasteiger partial charge in [0.15, 0.2) is 5.65 Å². The molecule has 2 aliphatic carbocycles. The number of fused-ring (bicyclic) bond motifs is 1. The van der Waals surface area contributed by atoms with Gasteiger partial charge < -0.3 is 14.6 Å². The van der Waals surface area contributed by atoms with Crippen LogP contribution < -0.4 is 10.0 Å². The minimum atomic E-state index is -2.68. The van der Waals surface area contributed by atoms with Crippen LogP contribution in [0.4, 0.5) is 13.6 Å². The van der Waals surface area contributed by atoms with Crippen molar-refractivity contribution in [2.75, 3.05) is 0 Å². The van der Waals surface area contributed by atoms with Crippen LogP contribution in [0.3, 0.4) is 0 Å². The number of hydrogen-bond acceptors (Lipinski definition) is 6. The van der Waals surface area contributed by atoms with Crippen LogP contribution in [0.2, 0.25) is 0 Å². The number of carbonyl (C=O) groups is 1. The highest BCUT2D eigenvalue weighted by Crippen LogP contribution is 2.42. The summed E-state index contributed by atoms with van der Waals surface area (Å²) in [5.74, 6) is -2.52. The quantitative estimate of drug-likeness (QED) is 0.407. The van der Waals surface area contributed by atoms with Gasteiger partial charge in [-0.15, -0.1) is 4.72 Å². The zero-order valence-corrected chi connectivity index (χ0v) is 24.0. The third kappa shape index (κ3) is 7.15. The second-order valence-corrected chi connectivity index (χ2v) is 14.7. The van der Waals surface area contributed by atoms with E-state index in [1.165, 1.54) is 0 Å². The van der Waals surface area contributed by atoms with Gasteiger partial charge in [-0.3, -0.25) is 0 Å². The highest BCUT2D eigenvalue weighted by atomic mass is 32.2. The summed E-state index contributed by atoms with van der Waals surface area (Å²) in [6.07, 6.45) is 6.25. The van der Waals surface area contributed by atoms with Gasteiger partial charge in [0.1, 0.15) is 10.3 Å². The van der Waals surface area contributed by atoms with Crippen molar-refractivity contribution in [3.05, 3.63) is 29.7 Å². The molecule has 8 nitrogen and oxygen atoms in total. The third-order valence-corrected chi connectivity index (χ3v) is 8.93. The number of rotatable bonds is 7. The number of carbonyl (C=O) groups excluding carboxylic acids is 1. The van der Waals surface area contributed by atoms with Gasteiger partial charge in [-0.2, -0.15) is 5.10 Å². The summed E-state index contributed by atoms with van der Waals surface area (Å²) in [7, 11) is 0. The molecule has 212 valence electrons. The normalized spacial score (nSPS) is 21.5. The van der Waals surface area contributed by atoms with Gasteiger partial charge in [-0.25, -0.2) is 23.1 Å². The first-order valence-electron chi connectivity index (χ1n) is 13.5. The second-order valence-electron chi connectivity index (χ2n) is 12.7. The largest absolute Gasteiger partial charge is 0.598 e. The molecule has 0 aliphatic heterocycles. The summed E-state index contributed by atoms with van der Waals surface area (Å²) in [5, 5.41) is 7.48. The first kappa shape index (κ1) is 29.0. The Morgan fingerprint density at radius 1 is 1.13 bits per heavy atom. The molecule has 4 rings (SSSR count). The highest BCUT2D eigenvalue weighted by molar-refractivity contribution is 7.90. The zero-order chi connectivity index (χ0) is 27.9. The van der Waals surface area contributed by atoms with Gasteiger partial charge in [0, 0.05) is 24.2 Å². The SMILES string of the molecule is CC(C)(C)OC(=O)N[C@H](c1cn2ncc([C@@H](N[S+]([O-])C(C)(C)C)C3CCC3)cc2n1)C1CCC(F)(F)CC1. The molecule has 2 aliphatic rings. The molecule has 11 heteroatoms. The number of imidazole rings is 1. The Hall–Kier alpha value is -1.98. The molecule has 1 unspecified atom stereocenters. The van der Waals surface area contributed by atoms with E-state index < -0.39 is 39.8 Å². The summed E-state index contributed by atoms with van der Waals surface area (Å²) in [6.45, 7) is 11.1. The van der Waals surface area contributed by atoms with E-state index in [4.69, 9.17) is 9.72 Å². The van der Waals surface area contributed by atoms with Crippen LogP contribution in [-0.2, 0) is 16.1 Å². The molecule has 2 saturated carbocycles. The highest BCUT2D eigenvalue weighted by Gasteiger charge is 2.40. The van der Waals surface area contributed by atoms with Crippen molar-refractivity contribution in [3.8, 4) is 0 Å². The van der Waals surface area contributed by atoms with Crippen LogP contribution in [0.25, 0.3) is 5.65 Å². The molecule has 2 N–H and O–H groups in total. The summed E-state index contributed by atoms with van der Waals surface area (Å²) >= 11 is -1.24. The van der Waals surface area contributed by atoms with Crippen LogP contribution >= 0.6 is 0 Å². The van der Waals surface area contributed by atoms with Gasteiger partial charge >= 0.3 is 6.09 Å². The van der Waals surface area contributed by atoms with Crippen LogP contribution in [0.5, 0.6) is 0 Å². The van der Waals surface area contributed by atoms with Crippen molar-refractivity contribution in [1.29, 1.82) is 0 Å². The first-order valence-corrected chi connectivity index (χ1v) is 14.7. The Labute approximate surface area is 227 Å². The minimum Gasteiger partial charge on any atom is -0.598 e. The predicted octanol–water partition coefficient (Wildman–Crippen LogP) is 6.01. The third-order valence-electron chi connectivity index (χ3n) is 7.35. The van der Waals surface area contributed by atoms with E-state index in [0.717, 1.165) is 24.8 Å². The molecule has 2 heterocycles. The van der Waals surface area contributed by atoms with E-state index in [1.54, 1.807) is 37.7 Å². The molecular weight excluding hydrogens is 512 g/mol. The molecule has 38 heavy (non-hydrogen) atoms. The maximum Gasteiger partial charge on any atom is 0.408 e. The molecule has 1 amide bonds. The van der Waals surface area contributed by atoms with Gasteiger partial charge in [-0.05, 0) is 90.7 Å². The molecule has 2 aromatic heterocycles. The summed E-state index contributed by atoms with van der Waals surface area (Å²) in [4.78, 5) is 17.5. The summed E-state index contributed by atoms with van der Waals surface area (Å²) in [6, 6.07) is 1.24. The average Bonchev–Trinajstić information content (AvgIpc) is 3.17. The van der Waals surface area contributed by atoms with Crippen molar-refractivity contribution in [1.82, 2.24) is 24.6 Å². The Balaban J connectivity index is 1.62. The average molecular weight is 554 g/mol. The predicted molar refractivity (Wildman–Crippen MR) is 143 cm³/mol. The van der Waals surface area contributed by atoms with Gasteiger partial charge in [-0.1, -0.05) is 6.42 Å². The summed E-state index contributed by atoms with van der Waals surface area (Å²) in [5.41, 5.74) is 1.36. The van der Waals surface area contributed by atoms with E-state index >= 15 is 0 Å². The fourth-order valence-corrected chi connectivity index (χ4v) is 5.91. The van der Waals surface area contributed by atoms with Crippen LogP contribution in [-0.4, -0.2) is 41.5 Å². The Kier molecular flexibility index (Phi) is 8.31. The molecular formula is C27H41F2N5O3S. The molecule has 3 atom stereocenters. The Bertz CT molecular complexity index is 1120. The number of aromatic nitrogens is 3. The number of ether oxygens (including phenoxy) is 1. The van der Waals surface area contributed by atoms with Crippen molar-refractivity contribution < 1.29 is 22.9 Å². The maximum atomic E-state index is 13.9. The monoisotopic (exact) mass is 553 g/mol. The number of amides is 1. The van der Waals surface area contributed by atoms with Gasteiger partial charge in [0.05, 0.1) is 30.2 Å². The van der Waals surface area contributed by atoms with E-state index in [-0.39, 0.29) is 37.6 Å². The lowest BCUT2D eigenvalue weighted by molar-refractivity contribution is -0.0500. The minimum absolute atomic E-state index is 0.113. The molecule has 0 spiro atoms. The van der Waals surface area contributed by atoms with E-state index in [2.05, 4.69) is 15.1 Å². The van der Waals surface area contributed by atoms with E-state index in [1.807, 2.05) is 26.8 Å². The van der Waals surface area contributed by atoms with Crippen molar-refractivity contribution in [3.63, 3.8) is 0 Å². The fraction of sp³-hybridized carbons (Fsp3) is 0.741. The van der Waals surface area contributed by atoms with Crippen LogP contribution in [0.15, 0.2) is 18.5 Å². The van der Waals surface area contributed by atoms with Crippen molar-refractivity contribution in [2.45, 2.75) is 115 Å². The number of alkyl carbamates (subject to hydrolysis) is 1. The van der Waals surface area contributed by atoms with E-state index in [9.17, 15) is 18.1 Å². The van der Waals surface area contributed by atoms with Gasteiger partial charge in [0.25, 0.3) is 0 Å².